The van der Waals surface area contributed by atoms with Crippen LogP contribution in [-0.4, -0.2) is 16.3 Å². The molecular formula is C12H16ClN5. The summed E-state index contributed by atoms with van der Waals surface area (Å²) in [5.41, 5.74) is 19.1. The zero-order chi connectivity index (χ0) is 13.1. The first kappa shape index (κ1) is 12.7. The molecule has 0 spiro atoms. The van der Waals surface area contributed by atoms with E-state index in [0.717, 1.165) is 24.1 Å². The molecule has 0 bridgehead atoms. The van der Waals surface area contributed by atoms with Gasteiger partial charge >= 0.3 is 0 Å². The maximum atomic E-state index is 6.06. The van der Waals surface area contributed by atoms with E-state index in [4.69, 9.17) is 28.8 Å². The molecule has 6 heteroatoms. The standard InChI is InChI=1S/C12H16ClN5/c13-8-3-1-4-9(7-8)18-12(16)10(5-2-6-14)11(15)17-18/h1,3-4,7H,2,5-6,14,16H2,(H2,15,17). The highest BCUT2D eigenvalue weighted by atomic mass is 35.5. The predicted molar refractivity (Wildman–Crippen MR) is 74.8 cm³/mol. The van der Waals surface area contributed by atoms with Crippen LogP contribution < -0.4 is 17.2 Å². The molecule has 1 aromatic carbocycles. The molecule has 0 aliphatic heterocycles. The zero-order valence-electron chi connectivity index (χ0n) is 9.94. The van der Waals surface area contributed by atoms with Gasteiger partial charge in [-0.15, -0.1) is 5.10 Å². The fourth-order valence-corrected chi connectivity index (χ4v) is 2.01. The number of halogens is 1. The minimum absolute atomic E-state index is 0.445. The number of anilines is 2. The van der Waals surface area contributed by atoms with E-state index >= 15 is 0 Å². The molecule has 2 aromatic rings. The van der Waals surface area contributed by atoms with Crippen molar-refractivity contribution < 1.29 is 0 Å². The van der Waals surface area contributed by atoms with Gasteiger partial charge in [0, 0.05) is 10.6 Å². The van der Waals surface area contributed by atoms with Crippen LogP contribution in [0.5, 0.6) is 0 Å². The number of hydrogen-bond acceptors (Lipinski definition) is 4. The van der Waals surface area contributed by atoms with Crippen molar-refractivity contribution in [3.63, 3.8) is 0 Å². The third-order valence-corrected chi connectivity index (χ3v) is 2.97. The molecule has 0 aliphatic carbocycles. The average molecular weight is 266 g/mol. The van der Waals surface area contributed by atoms with Crippen LogP contribution in [0, 0.1) is 0 Å². The second kappa shape index (κ2) is 5.29. The van der Waals surface area contributed by atoms with E-state index in [1.807, 2.05) is 12.1 Å². The van der Waals surface area contributed by atoms with E-state index in [2.05, 4.69) is 5.10 Å². The van der Waals surface area contributed by atoms with Gasteiger partial charge in [0.05, 0.1) is 5.69 Å². The molecule has 6 N–H and O–H groups in total. The molecule has 96 valence electrons. The highest BCUT2D eigenvalue weighted by Crippen LogP contribution is 2.25. The molecule has 0 radical (unpaired) electrons. The maximum Gasteiger partial charge on any atom is 0.151 e. The summed E-state index contributed by atoms with van der Waals surface area (Å²) in [7, 11) is 0. The lowest BCUT2D eigenvalue weighted by atomic mass is 10.1. The summed E-state index contributed by atoms with van der Waals surface area (Å²) in [6.07, 6.45) is 1.56. The van der Waals surface area contributed by atoms with Gasteiger partial charge in [-0.1, -0.05) is 17.7 Å². The third kappa shape index (κ3) is 2.42. The molecular weight excluding hydrogens is 250 g/mol. The first-order chi connectivity index (χ1) is 8.63. The number of nitrogens with zero attached hydrogens (tertiary/aromatic N) is 2. The van der Waals surface area contributed by atoms with Crippen LogP contribution in [0.3, 0.4) is 0 Å². The fourth-order valence-electron chi connectivity index (χ4n) is 1.82. The molecule has 2 rings (SSSR count). The van der Waals surface area contributed by atoms with Gasteiger partial charge in [-0.3, -0.25) is 0 Å². The van der Waals surface area contributed by atoms with Gasteiger partial charge < -0.3 is 17.2 Å². The van der Waals surface area contributed by atoms with Crippen molar-refractivity contribution in [3.05, 3.63) is 34.9 Å². The van der Waals surface area contributed by atoms with Crippen LogP contribution in [0.15, 0.2) is 24.3 Å². The van der Waals surface area contributed by atoms with Gasteiger partial charge in [0.15, 0.2) is 5.82 Å². The van der Waals surface area contributed by atoms with Crippen LogP contribution in [0.4, 0.5) is 11.6 Å². The monoisotopic (exact) mass is 265 g/mol. The van der Waals surface area contributed by atoms with Crippen LogP contribution in [0.2, 0.25) is 5.02 Å². The summed E-state index contributed by atoms with van der Waals surface area (Å²) in [6, 6.07) is 7.30. The Kier molecular flexibility index (Phi) is 3.74. The molecule has 0 amide bonds. The summed E-state index contributed by atoms with van der Waals surface area (Å²) in [5, 5.41) is 4.87. The Morgan fingerprint density at radius 1 is 1.28 bits per heavy atom. The second-order valence-corrected chi connectivity index (χ2v) is 4.47. The van der Waals surface area contributed by atoms with E-state index in [-0.39, 0.29) is 0 Å². The van der Waals surface area contributed by atoms with E-state index in [9.17, 15) is 0 Å². The van der Waals surface area contributed by atoms with Gasteiger partial charge in [0.1, 0.15) is 5.82 Å². The zero-order valence-corrected chi connectivity index (χ0v) is 10.7. The van der Waals surface area contributed by atoms with Gasteiger partial charge in [0.25, 0.3) is 0 Å². The van der Waals surface area contributed by atoms with Crippen molar-refractivity contribution in [3.8, 4) is 5.69 Å². The van der Waals surface area contributed by atoms with Gasteiger partial charge in [-0.2, -0.15) is 0 Å². The van der Waals surface area contributed by atoms with Crippen molar-refractivity contribution >= 4 is 23.2 Å². The lowest BCUT2D eigenvalue weighted by Crippen LogP contribution is -2.05. The highest BCUT2D eigenvalue weighted by molar-refractivity contribution is 6.30. The molecule has 0 aliphatic rings. The van der Waals surface area contributed by atoms with E-state index in [0.29, 0.717) is 23.2 Å². The Morgan fingerprint density at radius 2 is 2.06 bits per heavy atom. The predicted octanol–water partition coefficient (Wildman–Crippen LogP) is 1.58. The Balaban J connectivity index is 2.40. The Bertz CT molecular complexity index is 549. The minimum Gasteiger partial charge on any atom is -0.383 e. The van der Waals surface area contributed by atoms with Crippen molar-refractivity contribution in [2.24, 2.45) is 5.73 Å². The molecule has 0 unspecified atom stereocenters. The maximum absolute atomic E-state index is 6.06. The third-order valence-electron chi connectivity index (χ3n) is 2.74. The highest BCUT2D eigenvalue weighted by Gasteiger charge is 2.13. The summed E-state index contributed by atoms with van der Waals surface area (Å²) in [4.78, 5) is 0. The molecule has 0 fully saturated rings. The molecule has 5 nitrogen and oxygen atoms in total. The van der Waals surface area contributed by atoms with E-state index in [1.54, 1.807) is 16.8 Å². The van der Waals surface area contributed by atoms with Crippen LogP contribution >= 0.6 is 11.6 Å². The molecule has 0 saturated heterocycles. The molecule has 0 atom stereocenters. The Hall–Kier alpha value is -1.72. The second-order valence-electron chi connectivity index (χ2n) is 4.03. The quantitative estimate of drug-likeness (QED) is 0.782. The molecule has 1 aromatic heterocycles. The smallest absolute Gasteiger partial charge is 0.151 e. The van der Waals surface area contributed by atoms with Crippen LogP contribution in [0.25, 0.3) is 5.69 Å². The summed E-state index contributed by atoms with van der Waals surface area (Å²) in [6.45, 7) is 0.598. The SMILES string of the molecule is NCCCc1c(N)nn(-c2cccc(Cl)c2)c1N. The Labute approximate surface area is 111 Å². The Morgan fingerprint density at radius 3 is 2.72 bits per heavy atom. The van der Waals surface area contributed by atoms with Crippen molar-refractivity contribution in [2.75, 3.05) is 18.0 Å². The topological polar surface area (TPSA) is 95.9 Å². The van der Waals surface area contributed by atoms with Gasteiger partial charge in [0.2, 0.25) is 0 Å². The summed E-state index contributed by atoms with van der Waals surface area (Å²) < 4.78 is 1.60. The normalized spacial score (nSPS) is 10.8. The number of nitrogen functional groups attached to an aromatic ring is 2. The van der Waals surface area contributed by atoms with E-state index in [1.165, 1.54) is 0 Å². The number of aromatic nitrogens is 2. The number of hydrogen-bond donors (Lipinski definition) is 3. The summed E-state index contributed by atoms with van der Waals surface area (Å²) >= 11 is 5.95. The van der Waals surface area contributed by atoms with Gasteiger partial charge in [-0.25, -0.2) is 4.68 Å². The van der Waals surface area contributed by atoms with Crippen molar-refractivity contribution in [1.82, 2.24) is 9.78 Å². The van der Waals surface area contributed by atoms with Gasteiger partial charge in [-0.05, 0) is 37.6 Å². The first-order valence-corrected chi connectivity index (χ1v) is 6.10. The van der Waals surface area contributed by atoms with Crippen LogP contribution in [-0.2, 0) is 6.42 Å². The molecule has 1 heterocycles. The van der Waals surface area contributed by atoms with E-state index < -0.39 is 0 Å². The summed E-state index contributed by atoms with van der Waals surface area (Å²) in [5.74, 6) is 0.990. The first-order valence-electron chi connectivity index (χ1n) is 5.72. The number of nitrogens with two attached hydrogens (primary N) is 3. The fraction of sp³-hybridized carbons (Fsp3) is 0.250. The minimum atomic E-state index is 0.445. The lowest BCUT2D eigenvalue weighted by Gasteiger charge is -2.05. The van der Waals surface area contributed by atoms with Crippen LogP contribution in [0.1, 0.15) is 12.0 Å². The molecule has 18 heavy (non-hydrogen) atoms. The van der Waals surface area contributed by atoms with Crippen molar-refractivity contribution in [2.45, 2.75) is 12.8 Å². The lowest BCUT2D eigenvalue weighted by molar-refractivity contribution is 0.835. The van der Waals surface area contributed by atoms with Crippen molar-refractivity contribution in [1.29, 1.82) is 0 Å². The largest absolute Gasteiger partial charge is 0.383 e. The number of rotatable bonds is 4. The number of benzene rings is 1. The molecule has 0 saturated carbocycles. The average Bonchev–Trinajstić information content (AvgIpc) is 2.63.